The van der Waals surface area contributed by atoms with Gasteiger partial charge >= 0.3 is 0 Å². The van der Waals surface area contributed by atoms with E-state index in [2.05, 4.69) is 5.32 Å². The second-order valence-electron chi connectivity index (χ2n) is 6.96. The first-order chi connectivity index (χ1) is 15.1. The molecule has 0 bridgehead atoms. The standard InChI is InChI=1S/C24H23Cl2NO4/c1-2-28-23-12-16(14-27-18-5-8-21-24(13-18)30-10-9-29-21)4-7-22(23)31-15-17-3-6-19(25)20(26)11-17/h3-8,11-13,27H,2,9-10,14-15H2,1H3. The molecule has 5 nitrogen and oxygen atoms in total. The smallest absolute Gasteiger partial charge is 0.163 e. The molecule has 1 N–H and O–H groups in total. The number of fused-ring (bicyclic) bond motifs is 1. The van der Waals surface area contributed by atoms with E-state index in [1.54, 1.807) is 12.1 Å². The lowest BCUT2D eigenvalue weighted by atomic mass is 10.2. The van der Waals surface area contributed by atoms with Crippen LogP contribution in [0.1, 0.15) is 18.1 Å². The fourth-order valence-corrected chi connectivity index (χ4v) is 3.52. The molecule has 4 rings (SSSR count). The van der Waals surface area contributed by atoms with E-state index in [0.29, 0.717) is 54.5 Å². The van der Waals surface area contributed by atoms with Gasteiger partial charge in [-0.15, -0.1) is 0 Å². The van der Waals surface area contributed by atoms with E-state index in [-0.39, 0.29) is 0 Å². The van der Waals surface area contributed by atoms with Crippen LogP contribution in [0.3, 0.4) is 0 Å². The third kappa shape index (κ3) is 5.49. The molecular formula is C24H23Cl2NO4. The average Bonchev–Trinajstić information content (AvgIpc) is 2.79. The summed E-state index contributed by atoms with van der Waals surface area (Å²) >= 11 is 12.1. The van der Waals surface area contributed by atoms with E-state index < -0.39 is 0 Å². The van der Waals surface area contributed by atoms with E-state index in [4.69, 9.17) is 42.1 Å². The van der Waals surface area contributed by atoms with Crippen LogP contribution >= 0.6 is 23.2 Å². The first kappa shape index (κ1) is 21.5. The van der Waals surface area contributed by atoms with Crippen LogP contribution in [0.25, 0.3) is 0 Å². The maximum atomic E-state index is 6.09. The second-order valence-corrected chi connectivity index (χ2v) is 7.78. The fraction of sp³-hybridized carbons (Fsp3) is 0.250. The van der Waals surface area contributed by atoms with Crippen molar-refractivity contribution >= 4 is 28.9 Å². The number of anilines is 1. The number of rotatable bonds is 8. The van der Waals surface area contributed by atoms with E-state index in [9.17, 15) is 0 Å². The highest BCUT2D eigenvalue weighted by molar-refractivity contribution is 6.42. The Bertz CT molecular complexity index is 1060. The van der Waals surface area contributed by atoms with Crippen molar-refractivity contribution < 1.29 is 18.9 Å². The van der Waals surface area contributed by atoms with Crippen molar-refractivity contribution in [3.05, 3.63) is 75.8 Å². The highest BCUT2D eigenvalue weighted by atomic mass is 35.5. The zero-order valence-corrected chi connectivity index (χ0v) is 18.6. The maximum absolute atomic E-state index is 6.09. The van der Waals surface area contributed by atoms with Gasteiger partial charge in [0.2, 0.25) is 0 Å². The van der Waals surface area contributed by atoms with Crippen LogP contribution in [-0.4, -0.2) is 19.8 Å². The number of nitrogens with one attached hydrogen (secondary N) is 1. The van der Waals surface area contributed by atoms with Gasteiger partial charge in [-0.2, -0.15) is 0 Å². The van der Waals surface area contributed by atoms with Crippen molar-refractivity contribution in [1.29, 1.82) is 0 Å². The van der Waals surface area contributed by atoms with Gasteiger partial charge in [0.25, 0.3) is 0 Å². The summed E-state index contributed by atoms with van der Waals surface area (Å²) in [4.78, 5) is 0. The minimum Gasteiger partial charge on any atom is -0.490 e. The number of hydrogen-bond donors (Lipinski definition) is 1. The predicted molar refractivity (Wildman–Crippen MR) is 123 cm³/mol. The van der Waals surface area contributed by atoms with Crippen molar-refractivity contribution in [2.45, 2.75) is 20.1 Å². The lowest BCUT2D eigenvalue weighted by Gasteiger charge is -2.19. The average molecular weight is 460 g/mol. The van der Waals surface area contributed by atoms with E-state index in [1.807, 2.05) is 49.4 Å². The SMILES string of the molecule is CCOc1cc(CNc2ccc3c(c2)OCCO3)ccc1OCc1ccc(Cl)c(Cl)c1. The molecule has 0 fully saturated rings. The molecule has 31 heavy (non-hydrogen) atoms. The molecule has 162 valence electrons. The summed E-state index contributed by atoms with van der Waals surface area (Å²) in [7, 11) is 0. The lowest BCUT2D eigenvalue weighted by molar-refractivity contribution is 0.171. The Kier molecular flexibility index (Phi) is 6.95. The highest BCUT2D eigenvalue weighted by Gasteiger charge is 2.12. The number of hydrogen-bond acceptors (Lipinski definition) is 5. The van der Waals surface area contributed by atoms with Crippen LogP contribution in [0.2, 0.25) is 10.0 Å². The van der Waals surface area contributed by atoms with Gasteiger partial charge in [-0.25, -0.2) is 0 Å². The maximum Gasteiger partial charge on any atom is 0.163 e. The van der Waals surface area contributed by atoms with Crippen LogP contribution in [0.4, 0.5) is 5.69 Å². The van der Waals surface area contributed by atoms with Gasteiger partial charge in [0.1, 0.15) is 19.8 Å². The number of benzene rings is 3. The molecule has 7 heteroatoms. The summed E-state index contributed by atoms with van der Waals surface area (Å²) in [5.41, 5.74) is 2.96. The molecule has 0 amide bonds. The quantitative estimate of drug-likeness (QED) is 0.424. The molecule has 0 spiro atoms. The van der Waals surface area contributed by atoms with Crippen molar-refractivity contribution in [3.8, 4) is 23.0 Å². The van der Waals surface area contributed by atoms with Crippen molar-refractivity contribution in [2.24, 2.45) is 0 Å². The molecule has 1 aliphatic heterocycles. The second kappa shape index (κ2) is 10.0. The summed E-state index contributed by atoms with van der Waals surface area (Å²) in [6.45, 7) is 4.64. The van der Waals surface area contributed by atoms with Crippen molar-refractivity contribution in [2.75, 3.05) is 25.1 Å². The van der Waals surface area contributed by atoms with Gasteiger partial charge in [0.05, 0.1) is 16.7 Å². The van der Waals surface area contributed by atoms with Gasteiger partial charge in [0.15, 0.2) is 23.0 Å². The molecule has 0 atom stereocenters. The van der Waals surface area contributed by atoms with Crippen LogP contribution in [0.15, 0.2) is 54.6 Å². The molecule has 0 radical (unpaired) electrons. The Labute approximate surface area is 191 Å². The summed E-state index contributed by atoms with van der Waals surface area (Å²) in [5.74, 6) is 2.91. The van der Waals surface area contributed by atoms with Gasteiger partial charge in [-0.1, -0.05) is 35.3 Å². The topological polar surface area (TPSA) is 49.0 Å². The van der Waals surface area contributed by atoms with Crippen LogP contribution < -0.4 is 24.3 Å². The summed E-state index contributed by atoms with van der Waals surface area (Å²) in [6, 6.07) is 17.2. The Morgan fingerprint density at radius 3 is 2.42 bits per heavy atom. The third-order valence-corrected chi connectivity index (χ3v) is 5.46. The van der Waals surface area contributed by atoms with Crippen LogP contribution in [-0.2, 0) is 13.2 Å². The Morgan fingerprint density at radius 1 is 0.806 bits per heavy atom. The zero-order valence-electron chi connectivity index (χ0n) is 17.1. The Morgan fingerprint density at radius 2 is 1.61 bits per heavy atom. The van der Waals surface area contributed by atoms with Crippen LogP contribution in [0.5, 0.6) is 23.0 Å². The first-order valence-electron chi connectivity index (χ1n) is 10.1. The van der Waals surface area contributed by atoms with E-state index in [0.717, 1.165) is 28.3 Å². The molecule has 0 aromatic heterocycles. The van der Waals surface area contributed by atoms with Gasteiger partial charge in [0, 0.05) is 18.3 Å². The molecule has 0 saturated carbocycles. The Balaban J connectivity index is 1.42. The van der Waals surface area contributed by atoms with Crippen molar-refractivity contribution in [1.82, 2.24) is 0 Å². The molecule has 3 aromatic carbocycles. The van der Waals surface area contributed by atoms with Crippen molar-refractivity contribution in [3.63, 3.8) is 0 Å². The molecule has 0 saturated heterocycles. The van der Waals surface area contributed by atoms with E-state index in [1.165, 1.54) is 0 Å². The molecule has 1 aliphatic rings. The Hall–Kier alpha value is -2.76. The molecular weight excluding hydrogens is 437 g/mol. The zero-order chi connectivity index (χ0) is 21.6. The minimum atomic E-state index is 0.367. The largest absolute Gasteiger partial charge is 0.490 e. The van der Waals surface area contributed by atoms with E-state index >= 15 is 0 Å². The van der Waals surface area contributed by atoms with Gasteiger partial charge in [-0.3, -0.25) is 0 Å². The minimum absolute atomic E-state index is 0.367. The molecule has 3 aromatic rings. The summed E-state index contributed by atoms with van der Waals surface area (Å²) in [5, 5.41) is 4.44. The lowest BCUT2D eigenvalue weighted by Crippen LogP contribution is -2.15. The summed E-state index contributed by atoms with van der Waals surface area (Å²) in [6.07, 6.45) is 0. The fourth-order valence-electron chi connectivity index (χ4n) is 3.20. The number of ether oxygens (including phenoxy) is 4. The summed E-state index contributed by atoms with van der Waals surface area (Å²) < 4.78 is 23.0. The van der Waals surface area contributed by atoms with Crippen LogP contribution in [0, 0.1) is 0 Å². The third-order valence-electron chi connectivity index (χ3n) is 4.73. The molecule has 1 heterocycles. The highest BCUT2D eigenvalue weighted by Crippen LogP contribution is 2.34. The monoisotopic (exact) mass is 459 g/mol. The van der Waals surface area contributed by atoms with Gasteiger partial charge < -0.3 is 24.3 Å². The normalized spacial score (nSPS) is 12.4. The molecule has 0 unspecified atom stereocenters. The molecule has 0 aliphatic carbocycles. The number of halogens is 2. The predicted octanol–water partition coefficient (Wildman–Crippen LogP) is 6.35. The first-order valence-corrected chi connectivity index (χ1v) is 10.8. The van der Waals surface area contributed by atoms with Gasteiger partial charge in [-0.05, 0) is 54.4 Å².